The average molecular weight is 447 g/mol. The molecule has 0 amide bonds. The van der Waals surface area contributed by atoms with Crippen LogP contribution in [0.25, 0.3) is 0 Å². The van der Waals surface area contributed by atoms with Crippen LogP contribution in [-0.4, -0.2) is 55.1 Å². The van der Waals surface area contributed by atoms with Crippen molar-refractivity contribution < 1.29 is 0 Å². The summed E-state index contributed by atoms with van der Waals surface area (Å²) in [6.45, 7) is 10.9. The molecule has 0 fully saturated rings. The van der Waals surface area contributed by atoms with Gasteiger partial charge in [-0.25, -0.2) is 0 Å². The van der Waals surface area contributed by atoms with E-state index in [0.29, 0.717) is 6.04 Å². The number of halogens is 1. The Balaban J connectivity index is 0.00000529. The molecule has 5 nitrogen and oxygen atoms in total. The van der Waals surface area contributed by atoms with E-state index < -0.39 is 0 Å². The molecular formula is C18H34IN5. The topological polar surface area (TPSA) is 52.5 Å². The average Bonchev–Trinajstić information content (AvgIpc) is 2.58. The predicted molar refractivity (Wildman–Crippen MR) is 114 cm³/mol. The van der Waals surface area contributed by atoms with Crippen molar-refractivity contribution in [3.63, 3.8) is 0 Å². The maximum Gasteiger partial charge on any atom is 0.191 e. The Labute approximate surface area is 164 Å². The highest BCUT2D eigenvalue weighted by Crippen LogP contribution is 2.00. The Kier molecular flexibility index (Phi) is 13.9. The smallest absolute Gasteiger partial charge is 0.191 e. The zero-order valence-electron chi connectivity index (χ0n) is 15.6. The summed E-state index contributed by atoms with van der Waals surface area (Å²) >= 11 is 0. The molecule has 0 spiro atoms. The first-order valence-electron chi connectivity index (χ1n) is 8.79. The Hall–Kier alpha value is -0.890. The fraction of sp³-hybridized carbons (Fsp3) is 0.667. The third-order valence-electron chi connectivity index (χ3n) is 4.01. The monoisotopic (exact) mass is 447 g/mol. The molecule has 6 heteroatoms. The van der Waals surface area contributed by atoms with Crippen LogP contribution in [0.5, 0.6) is 0 Å². The number of hydrogen-bond donors (Lipinski definition) is 2. The standard InChI is InChI=1S/C18H33N5.HI/c1-5-23(6-2)15-9-10-16(3)22-18(19-4)21-14-12-17-11-7-8-13-20-17;/h7-8,11,13,16H,5-6,9-10,12,14-15H2,1-4H3,(H2,19,21,22);1H. The van der Waals surface area contributed by atoms with E-state index in [4.69, 9.17) is 0 Å². The van der Waals surface area contributed by atoms with Gasteiger partial charge in [0.25, 0.3) is 0 Å². The molecule has 0 aliphatic carbocycles. The van der Waals surface area contributed by atoms with Crippen LogP contribution in [0.1, 0.15) is 39.3 Å². The fourth-order valence-corrected chi connectivity index (χ4v) is 2.52. The molecule has 0 bridgehead atoms. The van der Waals surface area contributed by atoms with E-state index in [1.165, 1.54) is 13.0 Å². The van der Waals surface area contributed by atoms with Gasteiger partial charge in [-0.05, 0) is 51.5 Å². The zero-order valence-corrected chi connectivity index (χ0v) is 17.9. The minimum Gasteiger partial charge on any atom is -0.356 e. The van der Waals surface area contributed by atoms with Crippen LogP contribution >= 0.6 is 24.0 Å². The number of nitrogens with one attached hydrogen (secondary N) is 2. The number of aliphatic imine (C=N–C) groups is 1. The number of rotatable bonds is 10. The number of hydrogen-bond acceptors (Lipinski definition) is 3. The second-order valence-electron chi connectivity index (χ2n) is 5.78. The number of nitrogens with zero attached hydrogens (tertiary/aromatic N) is 3. The molecular weight excluding hydrogens is 413 g/mol. The van der Waals surface area contributed by atoms with E-state index in [-0.39, 0.29) is 24.0 Å². The van der Waals surface area contributed by atoms with Gasteiger partial charge in [0.2, 0.25) is 0 Å². The lowest BCUT2D eigenvalue weighted by molar-refractivity contribution is 0.292. The normalized spacial score (nSPS) is 12.6. The molecule has 1 atom stereocenters. The molecule has 1 aromatic rings. The molecule has 0 aromatic carbocycles. The van der Waals surface area contributed by atoms with E-state index in [2.05, 4.69) is 46.3 Å². The molecule has 0 saturated carbocycles. The first-order chi connectivity index (χ1) is 11.2. The minimum absolute atomic E-state index is 0. The van der Waals surface area contributed by atoms with E-state index in [1.54, 1.807) is 0 Å². The lowest BCUT2D eigenvalue weighted by atomic mass is 10.2. The van der Waals surface area contributed by atoms with Crippen LogP contribution in [0.15, 0.2) is 29.4 Å². The summed E-state index contributed by atoms with van der Waals surface area (Å²) in [5.41, 5.74) is 1.10. The molecule has 0 aliphatic rings. The van der Waals surface area contributed by atoms with Gasteiger partial charge < -0.3 is 15.5 Å². The Morgan fingerprint density at radius 2 is 2.04 bits per heavy atom. The van der Waals surface area contributed by atoms with Crippen molar-refractivity contribution >= 4 is 29.9 Å². The molecule has 1 heterocycles. The van der Waals surface area contributed by atoms with E-state index in [9.17, 15) is 0 Å². The van der Waals surface area contributed by atoms with Crippen molar-refractivity contribution in [1.82, 2.24) is 20.5 Å². The number of aromatic nitrogens is 1. The van der Waals surface area contributed by atoms with Crippen molar-refractivity contribution in [2.75, 3.05) is 33.2 Å². The predicted octanol–water partition coefficient (Wildman–Crippen LogP) is 2.92. The second-order valence-corrected chi connectivity index (χ2v) is 5.78. The molecule has 0 saturated heterocycles. The van der Waals surface area contributed by atoms with Crippen LogP contribution in [0.3, 0.4) is 0 Å². The van der Waals surface area contributed by atoms with Crippen LogP contribution in [0, 0.1) is 0 Å². The van der Waals surface area contributed by atoms with Crippen LogP contribution in [0.2, 0.25) is 0 Å². The van der Waals surface area contributed by atoms with Gasteiger partial charge in [0.1, 0.15) is 0 Å². The lowest BCUT2D eigenvalue weighted by Gasteiger charge is -2.21. The summed E-state index contributed by atoms with van der Waals surface area (Å²) in [7, 11) is 1.82. The Bertz CT molecular complexity index is 434. The first-order valence-corrected chi connectivity index (χ1v) is 8.79. The van der Waals surface area contributed by atoms with Crippen LogP contribution in [0.4, 0.5) is 0 Å². The summed E-state index contributed by atoms with van der Waals surface area (Å²) in [5, 5.41) is 6.82. The Morgan fingerprint density at radius 3 is 2.62 bits per heavy atom. The van der Waals surface area contributed by atoms with Gasteiger partial charge in [-0.3, -0.25) is 9.98 Å². The van der Waals surface area contributed by atoms with Gasteiger partial charge in [0.15, 0.2) is 5.96 Å². The second kappa shape index (κ2) is 14.5. The summed E-state index contributed by atoms with van der Waals surface area (Å²) in [6.07, 6.45) is 5.09. The maximum atomic E-state index is 4.33. The van der Waals surface area contributed by atoms with Crippen molar-refractivity contribution in [3.8, 4) is 0 Å². The van der Waals surface area contributed by atoms with E-state index >= 15 is 0 Å². The molecule has 0 radical (unpaired) electrons. The SMILES string of the molecule is CCN(CC)CCCC(C)NC(=NC)NCCc1ccccn1.I. The van der Waals surface area contributed by atoms with Gasteiger partial charge in [-0.2, -0.15) is 0 Å². The molecule has 1 unspecified atom stereocenters. The minimum atomic E-state index is 0. The van der Waals surface area contributed by atoms with Gasteiger partial charge in [0, 0.05) is 37.9 Å². The molecule has 24 heavy (non-hydrogen) atoms. The highest BCUT2D eigenvalue weighted by molar-refractivity contribution is 14.0. The largest absolute Gasteiger partial charge is 0.356 e. The Morgan fingerprint density at radius 1 is 1.29 bits per heavy atom. The van der Waals surface area contributed by atoms with Crippen LogP contribution in [-0.2, 0) is 6.42 Å². The van der Waals surface area contributed by atoms with Gasteiger partial charge >= 0.3 is 0 Å². The van der Waals surface area contributed by atoms with Crippen LogP contribution < -0.4 is 10.6 Å². The summed E-state index contributed by atoms with van der Waals surface area (Å²) in [5.74, 6) is 0.872. The van der Waals surface area contributed by atoms with E-state index in [0.717, 1.165) is 44.1 Å². The number of pyridine rings is 1. The highest BCUT2D eigenvalue weighted by atomic mass is 127. The summed E-state index contributed by atoms with van der Waals surface area (Å²) in [4.78, 5) is 11.1. The zero-order chi connectivity index (χ0) is 16.9. The van der Waals surface area contributed by atoms with Gasteiger partial charge in [0.05, 0.1) is 0 Å². The quantitative estimate of drug-likeness (QED) is 0.329. The third-order valence-corrected chi connectivity index (χ3v) is 4.01. The molecule has 0 aliphatic heterocycles. The van der Waals surface area contributed by atoms with E-state index in [1.807, 2.05) is 31.4 Å². The lowest BCUT2D eigenvalue weighted by Crippen LogP contribution is -2.43. The maximum absolute atomic E-state index is 4.33. The first kappa shape index (κ1) is 23.1. The summed E-state index contributed by atoms with van der Waals surface area (Å²) in [6, 6.07) is 6.44. The highest BCUT2D eigenvalue weighted by Gasteiger charge is 2.06. The third kappa shape index (κ3) is 10.1. The van der Waals surface area contributed by atoms with Crippen molar-refractivity contribution in [3.05, 3.63) is 30.1 Å². The molecule has 2 N–H and O–H groups in total. The number of guanidine groups is 1. The van der Waals surface area contributed by atoms with Crippen molar-refractivity contribution in [2.45, 2.75) is 46.1 Å². The van der Waals surface area contributed by atoms with Crippen molar-refractivity contribution in [2.24, 2.45) is 4.99 Å². The van der Waals surface area contributed by atoms with Gasteiger partial charge in [-0.15, -0.1) is 24.0 Å². The molecule has 138 valence electrons. The summed E-state index contributed by atoms with van der Waals surface area (Å²) < 4.78 is 0. The van der Waals surface area contributed by atoms with Gasteiger partial charge in [-0.1, -0.05) is 19.9 Å². The molecule has 1 rings (SSSR count). The fourth-order valence-electron chi connectivity index (χ4n) is 2.52. The molecule has 1 aromatic heterocycles. The van der Waals surface area contributed by atoms with Crippen molar-refractivity contribution in [1.29, 1.82) is 0 Å².